The Labute approximate surface area is 150 Å². The van der Waals surface area contributed by atoms with Crippen LogP contribution in [0.1, 0.15) is 27.6 Å². The number of ether oxygens (including phenoxy) is 1. The molecule has 5 nitrogen and oxygen atoms in total. The summed E-state index contributed by atoms with van der Waals surface area (Å²) in [5.41, 5.74) is 0.790. The summed E-state index contributed by atoms with van der Waals surface area (Å²) >= 11 is 1.40. The molecular weight excluding hydrogens is 338 g/mol. The first-order chi connectivity index (χ1) is 12.1. The number of rotatable bonds is 6. The summed E-state index contributed by atoms with van der Waals surface area (Å²) in [5, 5.41) is -0.371. The number of carbonyl (C=O) groups is 3. The molecule has 0 fully saturated rings. The number of thioether (sulfide) groups is 1. The van der Waals surface area contributed by atoms with Crippen LogP contribution in [0.4, 0.5) is 0 Å². The number of hydrogen-bond donors (Lipinski definition) is 0. The van der Waals surface area contributed by atoms with Crippen molar-refractivity contribution in [3.8, 4) is 0 Å². The zero-order valence-corrected chi connectivity index (χ0v) is 14.5. The van der Waals surface area contributed by atoms with Gasteiger partial charge < -0.3 is 4.74 Å². The van der Waals surface area contributed by atoms with Gasteiger partial charge in [0.05, 0.1) is 17.7 Å². The number of hydrogen-bond acceptors (Lipinski definition) is 5. The van der Waals surface area contributed by atoms with Crippen LogP contribution in [0.15, 0.2) is 59.5 Å². The molecule has 2 aromatic rings. The predicted molar refractivity (Wildman–Crippen MR) is 94.5 cm³/mol. The van der Waals surface area contributed by atoms with Crippen LogP contribution in [0.25, 0.3) is 0 Å². The van der Waals surface area contributed by atoms with Gasteiger partial charge in [0.1, 0.15) is 11.9 Å². The highest BCUT2D eigenvalue weighted by Crippen LogP contribution is 2.24. The van der Waals surface area contributed by atoms with Crippen LogP contribution in [0.5, 0.6) is 0 Å². The number of benzene rings is 2. The van der Waals surface area contributed by atoms with Gasteiger partial charge in [0.2, 0.25) is 0 Å². The van der Waals surface area contributed by atoms with Crippen molar-refractivity contribution in [1.29, 1.82) is 0 Å². The van der Waals surface area contributed by atoms with E-state index in [4.69, 9.17) is 4.74 Å². The van der Waals surface area contributed by atoms with Crippen molar-refractivity contribution in [3.63, 3.8) is 0 Å². The Morgan fingerprint density at radius 3 is 2.16 bits per heavy atom. The van der Waals surface area contributed by atoms with Crippen LogP contribution in [-0.4, -0.2) is 41.1 Å². The molecule has 0 aliphatic carbocycles. The first kappa shape index (κ1) is 17.2. The second-order valence-corrected chi connectivity index (χ2v) is 6.96. The third-order valence-corrected chi connectivity index (χ3v) is 4.92. The minimum absolute atomic E-state index is 0.00993. The topological polar surface area (TPSA) is 63.7 Å². The third kappa shape index (κ3) is 3.74. The standard InChI is InChI=1S/C19H17NO4S/c1-13(25-14-7-3-2-4-8-14)19(23)24-12-11-20-17(21)15-9-5-6-10-16(15)18(20)22/h2-10,13H,11-12H2,1H3/t13-/m1/s1. The van der Waals surface area contributed by atoms with Crippen molar-refractivity contribution in [2.24, 2.45) is 0 Å². The minimum Gasteiger partial charge on any atom is -0.463 e. The SMILES string of the molecule is C[C@@H](Sc1ccccc1)C(=O)OCCN1C(=O)c2ccccc2C1=O. The zero-order chi connectivity index (χ0) is 17.8. The molecule has 1 atom stereocenters. The summed E-state index contributed by atoms with van der Waals surface area (Å²) in [4.78, 5) is 38.6. The summed E-state index contributed by atoms with van der Waals surface area (Å²) in [7, 11) is 0. The number of nitrogens with zero attached hydrogens (tertiary/aromatic N) is 1. The van der Waals surface area contributed by atoms with Crippen LogP contribution in [0.2, 0.25) is 0 Å². The Hall–Kier alpha value is -2.60. The van der Waals surface area contributed by atoms with Crippen molar-refractivity contribution in [3.05, 3.63) is 65.7 Å². The zero-order valence-electron chi connectivity index (χ0n) is 13.7. The highest BCUT2D eigenvalue weighted by Gasteiger charge is 2.34. The van der Waals surface area contributed by atoms with Crippen molar-refractivity contribution < 1.29 is 19.1 Å². The molecule has 6 heteroatoms. The molecule has 0 N–H and O–H groups in total. The second kappa shape index (κ2) is 7.53. The van der Waals surface area contributed by atoms with Crippen LogP contribution in [0.3, 0.4) is 0 Å². The van der Waals surface area contributed by atoms with Crippen molar-refractivity contribution in [2.75, 3.05) is 13.2 Å². The van der Waals surface area contributed by atoms with E-state index in [2.05, 4.69) is 0 Å². The van der Waals surface area contributed by atoms with Gasteiger partial charge in [-0.25, -0.2) is 0 Å². The fraction of sp³-hybridized carbons (Fsp3) is 0.211. The molecule has 2 amide bonds. The van der Waals surface area contributed by atoms with Gasteiger partial charge in [0, 0.05) is 4.90 Å². The normalized spacial score (nSPS) is 14.4. The van der Waals surface area contributed by atoms with Crippen LogP contribution in [-0.2, 0) is 9.53 Å². The summed E-state index contributed by atoms with van der Waals surface area (Å²) in [6.07, 6.45) is 0. The third-order valence-electron chi connectivity index (χ3n) is 3.83. The average molecular weight is 355 g/mol. The highest BCUT2D eigenvalue weighted by molar-refractivity contribution is 8.00. The molecule has 1 heterocycles. The Balaban J connectivity index is 1.51. The average Bonchev–Trinajstić information content (AvgIpc) is 2.87. The first-order valence-electron chi connectivity index (χ1n) is 7.91. The van der Waals surface area contributed by atoms with Gasteiger partial charge in [-0.3, -0.25) is 19.3 Å². The van der Waals surface area contributed by atoms with E-state index >= 15 is 0 Å². The monoisotopic (exact) mass is 355 g/mol. The lowest BCUT2D eigenvalue weighted by Crippen LogP contribution is -2.34. The molecule has 0 spiro atoms. The lowest BCUT2D eigenvalue weighted by molar-refractivity contribution is -0.142. The molecule has 0 radical (unpaired) electrons. The van der Waals surface area contributed by atoms with E-state index < -0.39 is 0 Å². The highest BCUT2D eigenvalue weighted by atomic mass is 32.2. The molecule has 1 aliphatic heterocycles. The van der Waals surface area contributed by atoms with Gasteiger partial charge >= 0.3 is 5.97 Å². The van der Waals surface area contributed by atoms with Crippen molar-refractivity contribution >= 4 is 29.5 Å². The van der Waals surface area contributed by atoms with E-state index in [1.807, 2.05) is 30.3 Å². The molecular formula is C19H17NO4S. The van der Waals surface area contributed by atoms with Crippen molar-refractivity contribution in [1.82, 2.24) is 4.90 Å². The van der Waals surface area contributed by atoms with Crippen LogP contribution >= 0.6 is 11.8 Å². The van der Waals surface area contributed by atoms with Crippen LogP contribution in [0, 0.1) is 0 Å². The molecule has 0 aromatic heterocycles. The van der Waals surface area contributed by atoms with Gasteiger partial charge in [-0.15, -0.1) is 11.8 Å². The van der Waals surface area contributed by atoms with E-state index in [0.717, 1.165) is 9.80 Å². The van der Waals surface area contributed by atoms with E-state index in [-0.39, 0.29) is 36.2 Å². The molecule has 25 heavy (non-hydrogen) atoms. The summed E-state index contributed by atoms with van der Waals surface area (Å²) in [5.74, 6) is -1.06. The predicted octanol–water partition coefficient (Wildman–Crippen LogP) is 3.01. The van der Waals surface area contributed by atoms with Gasteiger partial charge in [-0.1, -0.05) is 30.3 Å². The van der Waals surface area contributed by atoms with Crippen molar-refractivity contribution in [2.45, 2.75) is 17.1 Å². The Morgan fingerprint density at radius 2 is 1.56 bits per heavy atom. The van der Waals surface area contributed by atoms with Gasteiger partial charge in [-0.05, 0) is 31.2 Å². The fourth-order valence-corrected chi connectivity index (χ4v) is 3.44. The fourth-order valence-electron chi connectivity index (χ4n) is 2.55. The number of esters is 1. The Kier molecular flexibility index (Phi) is 5.19. The second-order valence-electron chi connectivity index (χ2n) is 5.55. The number of carbonyl (C=O) groups excluding carboxylic acids is 3. The summed E-state index contributed by atoms with van der Waals surface area (Å²) in [6, 6.07) is 16.3. The maximum absolute atomic E-state index is 12.2. The van der Waals surface area contributed by atoms with E-state index in [9.17, 15) is 14.4 Å². The maximum Gasteiger partial charge on any atom is 0.319 e. The molecule has 0 bridgehead atoms. The summed E-state index contributed by atoms with van der Waals surface area (Å²) in [6.45, 7) is 1.81. The first-order valence-corrected chi connectivity index (χ1v) is 8.79. The Morgan fingerprint density at radius 1 is 1.00 bits per heavy atom. The summed E-state index contributed by atoms with van der Waals surface area (Å²) < 4.78 is 5.23. The number of amides is 2. The maximum atomic E-state index is 12.2. The van der Waals surface area contributed by atoms with E-state index in [1.54, 1.807) is 31.2 Å². The van der Waals surface area contributed by atoms with Crippen LogP contribution < -0.4 is 0 Å². The van der Waals surface area contributed by atoms with Gasteiger partial charge in [-0.2, -0.15) is 0 Å². The number of imide groups is 1. The van der Waals surface area contributed by atoms with E-state index in [0.29, 0.717) is 11.1 Å². The molecule has 0 unspecified atom stereocenters. The van der Waals surface area contributed by atoms with E-state index in [1.165, 1.54) is 11.8 Å². The van der Waals surface area contributed by atoms with Gasteiger partial charge in [0.25, 0.3) is 11.8 Å². The molecule has 1 aliphatic rings. The molecule has 0 saturated carbocycles. The largest absolute Gasteiger partial charge is 0.463 e. The molecule has 128 valence electrons. The lowest BCUT2D eigenvalue weighted by atomic mass is 10.1. The molecule has 0 saturated heterocycles. The minimum atomic E-state index is -0.371. The quantitative estimate of drug-likeness (QED) is 0.453. The Bertz CT molecular complexity index is 771. The lowest BCUT2D eigenvalue weighted by Gasteiger charge is -2.15. The molecule has 2 aromatic carbocycles. The molecule has 3 rings (SSSR count). The number of fused-ring (bicyclic) bond motifs is 1. The smallest absolute Gasteiger partial charge is 0.319 e. The van der Waals surface area contributed by atoms with Gasteiger partial charge in [0.15, 0.2) is 0 Å².